The lowest BCUT2D eigenvalue weighted by Crippen LogP contribution is -2.60. The summed E-state index contributed by atoms with van der Waals surface area (Å²) in [6, 6.07) is 0. The Bertz CT molecular complexity index is 779. The largest absolute Gasteiger partial charge is 0.151 e. The van der Waals surface area contributed by atoms with Crippen LogP contribution in [0, 0.1) is 62.1 Å². The molecule has 2 bridgehead atoms. The molecule has 5 fully saturated rings. The average Bonchev–Trinajstić information content (AvgIpc) is 3.25. The number of nitroso groups, excluding NO2 is 1. The Hall–Kier alpha value is -1.09. The van der Waals surface area contributed by atoms with E-state index in [1.807, 2.05) is 0 Å². The van der Waals surface area contributed by atoms with E-state index < -0.39 is 0 Å². The Morgan fingerprint density at radius 3 is 2.57 bits per heavy atom. The van der Waals surface area contributed by atoms with Gasteiger partial charge < -0.3 is 0 Å². The molecule has 5 nitrogen and oxygen atoms in total. The monoisotopic (exact) mass is 412 g/mol. The van der Waals surface area contributed by atoms with Gasteiger partial charge in [-0.15, -0.1) is 0 Å². The lowest BCUT2D eigenvalue weighted by molar-refractivity contribution is -0.161. The third kappa shape index (κ3) is 2.05. The van der Waals surface area contributed by atoms with Crippen molar-refractivity contribution in [2.75, 3.05) is 13.1 Å². The fourth-order valence-corrected chi connectivity index (χ4v) is 11.9. The molecule has 30 heavy (non-hydrogen) atoms. The van der Waals surface area contributed by atoms with E-state index in [1.54, 1.807) is 0 Å². The van der Waals surface area contributed by atoms with Crippen LogP contribution in [0.1, 0.15) is 85.5 Å². The number of rotatable bonds is 5. The van der Waals surface area contributed by atoms with E-state index in [9.17, 15) is 4.91 Å². The van der Waals surface area contributed by atoms with Crippen LogP contribution in [0.15, 0.2) is 10.3 Å². The van der Waals surface area contributed by atoms with Crippen LogP contribution in [0.2, 0.25) is 0 Å². The Kier molecular flexibility index (Phi) is 4.65. The van der Waals surface area contributed by atoms with Crippen LogP contribution in [0.25, 0.3) is 10.4 Å². The predicted octanol–water partition coefficient (Wildman–Crippen LogP) is 7.36. The van der Waals surface area contributed by atoms with Gasteiger partial charge in [0.1, 0.15) is 0 Å². The van der Waals surface area contributed by atoms with Crippen molar-refractivity contribution in [2.24, 2.45) is 67.5 Å². The highest BCUT2D eigenvalue weighted by molar-refractivity contribution is 5.40. The van der Waals surface area contributed by atoms with E-state index in [2.05, 4.69) is 42.9 Å². The summed E-state index contributed by atoms with van der Waals surface area (Å²) in [6.45, 7) is 11.3. The first kappa shape index (κ1) is 20.8. The van der Waals surface area contributed by atoms with Crippen LogP contribution in [0.5, 0.6) is 0 Å². The molecule has 10 atom stereocenters. The summed E-state index contributed by atoms with van der Waals surface area (Å²) in [6.07, 6.45) is 11.6. The minimum Gasteiger partial charge on any atom is -0.151 e. The van der Waals surface area contributed by atoms with Gasteiger partial charge in [-0.05, 0) is 83.0 Å². The molecule has 5 aliphatic carbocycles. The smallest absolute Gasteiger partial charge is 0.0883 e. The maximum absolute atomic E-state index is 12.0. The van der Waals surface area contributed by atoms with Gasteiger partial charge in [-0.1, -0.05) is 70.1 Å². The molecule has 0 aromatic heterocycles. The van der Waals surface area contributed by atoms with Crippen molar-refractivity contribution in [1.82, 2.24) is 0 Å². The quantitative estimate of drug-likeness (QED) is 0.201. The highest BCUT2D eigenvalue weighted by Gasteiger charge is 2.93. The van der Waals surface area contributed by atoms with Crippen molar-refractivity contribution < 1.29 is 0 Å². The normalized spacial score (nSPS) is 56.0. The van der Waals surface area contributed by atoms with Crippen molar-refractivity contribution in [2.45, 2.75) is 85.5 Å². The number of hydrogen-bond donors (Lipinski definition) is 0. The number of azide groups is 1. The predicted molar refractivity (Wildman–Crippen MR) is 120 cm³/mol. The highest BCUT2D eigenvalue weighted by Crippen LogP contribution is 2.96. The second-order valence-electron chi connectivity index (χ2n) is 12.3. The second-order valence-corrected chi connectivity index (χ2v) is 12.3. The van der Waals surface area contributed by atoms with Crippen LogP contribution in [-0.2, 0) is 0 Å². The number of hydrogen-bond acceptors (Lipinski definition) is 3. The van der Waals surface area contributed by atoms with E-state index in [4.69, 9.17) is 5.53 Å². The van der Waals surface area contributed by atoms with Crippen molar-refractivity contribution in [1.29, 1.82) is 0 Å². The van der Waals surface area contributed by atoms with Crippen LogP contribution < -0.4 is 0 Å². The first-order valence-electron chi connectivity index (χ1n) is 12.7. The van der Waals surface area contributed by atoms with Gasteiger partial charge in [-0.3, -0.25) is 0 Å². The van der Waals surface area contributed by atoms with E-state index in [1.165, 1.54) is 51.4 Å². The van der Waals surface area contributed by atoms with Gasteiger partial charge in [0, 0.05) is 16.9 Å². The summed E-state index contributed by atoms with van der Waals surface area (Å²) in [5, 5.41) is 7.66. The van der Waals surface area contributed by atoms with E-state index in [-0.39, 0.29) is 21.7 Å². The van der Waals surface area contributed by atoms with Crippen LogP contribution >= 0.6 is 0 Å². The standard InChI is InChI=1S/C25H40N4O/c1-16-7-6-11-23(4)24(15-28-30)22(3)14-19-9-5-8-18(13-17(2)25(16,23)24)20(21(19)22)10-12-27-29-26/h16-21H,5-15H2,1-4H3/t16?,17?,18?,19?,20?,21?,22?,23-,24?,25?/m1/s1. The topological polar surface area (TPSA) is 78.2 Å². The zero-order valence-corrected chi connectivity index (χ0v) is 19.4. The van der Waals surface area contributed by atoms with Gasteiger partial charge in [0.05, 0.1) is 6.54 Å². The van der Waals surface area contributed by atoms with Crippen molar-refractivity contribution in [3.05, 3.63) is 15.3 Å². The van der Waals surface area contributed by atoms with Gasteiger partial charge >= 0.3 is 0 Å². The fraction of sp³-hybridized carbons (Fsp3) is 1.00. The van der Waals surface area contributed by atoms with Gasteiger partial charge in [0.25, 0.3) is 0 Å². The van der Waals surface area contributed by atoms with Crippen molar-refractivity contribution in [3.8, 4) is 0 Å². The lowest BCUT2D eigenvalue weighted by atomic mass is 9.40. The first-order valence-corrected chi connectivity index (χ1v) is 12.7. The summed E-state index contributed by atoms with van der Waals surface area (Å²) in [5.41, 5.74) is 9.69. The van der Waals surface area contributed by atoms with Gasteiger partial charge in [0.2, 0.25) is 0 Å². The minimum absolute atomic E-state index is 0.0668. The molecule has 5 saturated carbocycles. The second kappa shape index (κ2) is 6.70. The summed E-state index contributed by atoms with van der Waals surface area (Å²) in [5.74, 6) is 4.20. The van der Waals surface area contributed by atoms with Crippen LogP contribution in [-0.4, -0.2) is 13.1 Å². The molecular formula is C25H40N4O. The average molecular weight is 413 g/mol. The Labute approximate surface area is 181 Å². The third-order valence-electron chi connectivity index (χ3n) is 12.1. The maximum atomic E-state index is 12.0. The van der Waals surface area contributed by atoms with Gasteiger partial charge in [-0.2, -0.15) is 4.91 Å². The van der Waals surface area contributed by atoms with Crippen LogP contribution in [0.3, 0.4) is 0 Å². The van der Waals surface area contributed by atoms with E-state index in [0.29, 0.717) is 36.8 Å². The summed E-state index contributed by atoms with van der Waals surface area (Å²) in [7, 11) is 0. The van der Waals surface area contributed by atoms with Crippen molar-refractivity contribution in [3.63, 3.8) is 0 Å². The molecule has 0 radical (unpaired) electrons. The molecule has 0 aromatic rings. The molecule has 0 amide bonds. The Morgan fingerprint density at radius 2 is 1.83 bits per heavy atom. The summed E-state index contributed by atoms with van der Waals surface area (Å²) in [4.78, 5) is 15.1. The molecule has 166 valence electrons. The van der Waals surface area contributed by atoms with E-state index in [0.717, 1.165) is 18.3 Å². The maximum Gasteiger partial charge on any atom is 0.0883 e. The third-order valence-corrected chi connectivity index (χ3v) is 12.1. The molecule has 1 spiro atoms. The van der Waals surface area contributed by atoms with Gasteiger partial charge in [0.15, 0.2) is 0 Å². The zero-order chi connectivity index (χ0) is 21.4. The summed E-state index contributed by atoms with van der Waals surface area (Å²) >= 11 is 0. The van der Waals surface area contributed by atoms with E-state index >= 15 is 0 Å². The first-order chi connectivity index (χ1) is 14.4. The molecule has 0 aliphatic heterocycles. The molecule has 5 heteroatoms. The molecule has 0 saturated heterocycles. The molecular weight excluding hydrogens is 372 g/mol. The van der Waals surface area contributed by atoms with Gasteiger partial charge in [-0.25, -0.2) is 0 Å². The molecule has 0 heterocycles. The fourth-order valence-electron chi connectivity index (χ4n) is 11.9. The molecule has 5 rings (SSSR count). The zero-order valence-electron chi connectivity index (χ0n) is 19.4. The lowest BCUT2D eigenvalue weighted by Gasteiger charge is -2.64. The van der Waals surface area contributed by atoms with Crippen molar-refractivity contribution >= 4 is 0 Å². The Morgan fingerprint density at radius 1 is 1.07 bits per heavy atom. The number of nitrogens with zero attached hydrogens (tertiary/aromatic N) is 4. The molecule has 9 unspecified atom stereocenters. The Balaban J connectivity index is 1.67. The highest BCUT2D eigenvalue weighted by atomic mass is 16.3. The summed E-state index contributed by atoms with van der Waals surface area (Å²) < 4.78 is 0. The minimum atomic E-state index is 0.0668. The number of fused-ring (bicyclic) bond motifs is 3. The van der Waals surface area contributed by atoms with Crippen LogP contribution in [0.4, 0.5) is 0 Å². The SMILES string of the molecule is CC1CCC[C@@]2(C)C13C(C)CC1CCCC4CC(C)(C4C1CCN=[N+]=[N-])C32CN=O. The molecule has 0 aromatic carbocycles. The molecule has 0 N–H and O–H groups in total. The molecule has 5 aliphatic rings.